The smallest absolute Gasteiger partial charge is 0.248 e. The average Bonchev–Trinajstić information content (AvgIpc) is 3.04. The van der Waals surface area contributed by atoms with Gasteiger partial charge in [-0.25, -0.2) is 5.01 Å². The van der Waals surface area contributed by atoms with E-state index in [2.05, 4.69) is 35.5 Å². The molecule has 0 N–H and O–H groups in total. The molecule has 1 aliphatic heterocycles. The summed E-state index contributed by atoms with van der Waals surface area (Å²) in [4.78, 5) is 12.5. The van der Waals surface area contributed by atoms with Crippen LogP contribution in [0.5, 0.6) is 0 Å². The fraction of sp³-hybridized carbons (Fsp3) is 0.412. The first-order valence-corrected chi connectivity index (χ1v) is 7.12. The summed E-state index contributed by atoms with van der Waals surface area (Å²) in [5, 5.41) is 5.95. The molecule has 3 rings (SSSR count). The van der Waals surface area contributed by atoms with Crippen LogP contribution in [0.15, 0.2) is 29.4 Å². The molecule has 1 unspecified atom stereocenters. The minimum Gasteiger partial charge on any atom is -0.272 e. The van der Waals surface area contributed by atoms with E-state index in [0.717, 1.165) is 12.8 Å². The minimum atomic E-state index is -0.406. The molecule has 1 aromatic carbocycles. The summed E-state index contributed by atoms with van der Waals surface area (Å²) >= 11 is 0. The largest absolute Gasteiger partial charge is 0.272 e. The Morgan fingerprint density at radius 1 is 1.35 bits per heavy atom. The Bertz CT molecular complexity index is 608. The van der Waals surface area contributed by atoms with Crippen LogP contribution in [0.2, 0.25) is 0 Å². The number of hydrogen-bond acceptors (Lipinski definition) is 2. The molecule has 104 valence electrons. The summed E-state index contributed by atoms with van der Waals surface area (Å²) in [6.45, 7) is 5.81. The lowest BCUT2D eigenvalue weighted by Gasteiger charge is -2.28. The zero-order chi connectivity index (χ0) is 14.3. The number of hydrazone groups is 1. The van der Waals surface area contributed by atoms with Gasteiger partial charge in [0.05, 0.1) is 6.04 Å². The highest BCUT2D eigenvalue weighted by Gasteiger charge is 2.35. The van der Waals surface area contributed by atoms with E-state index in [1.54, 1.807) is 5.01 Å². The standard InChI is InChI=1S/C17H20N2O/c1-17(2,3)16(20)19-15(9-10-18-19)14-8-7-12-5-4-6-13(12)11-14/h4,6-8,10-11,15H,5,9H2,1-3H3. The van der Waals surface area contributed by atoms with Gasteiger partial charge < -0.3 is 0 Å². The lowest BCUT2D eigenvalue weighted by Crippen LogP contribution is -2.36. The van der Waals surface area contributed by atoms with E-state index < -0.39 is 5.41 Å². The SMILES string of the molecule is CC(C)(C)C(=O)N1N=CCC1c1ccc2c(c1)C=CC2. The summed E-state index contributed by atoms with van der Waals surface area (Å²) in [5.74, 6) is 0.0762. The second kappa shape index (κ2) is 4.58. The van der Waals surface area contributed by atoms with Crippen LogP contribution in [0.25, 0.3) is 6.08 Å². The Labute approximate surface area is 120 Å². The number of nitrogens with zero attached hydrogens (tertiary/aromatic N) is 2. The lowest BCUT2D eigenvalue weighted by molar-refractivity contribution is -0.141. The van der Waals surface area contributed by atoms with Gasteiger partial charge in [0.15, 0.2) is 0 Å². The maximum Gasteiger partial charge on any atom is 0.248 e. The molecule has 3 heteroatoms. The number of carbonyl (C=O) groups is 1. The zero-order valence-corrected chi connectivity index (χ0v) is 12.3. The molecule has 1 aromatic rings. The fourth-order valence-electron chi connectivity index (χ4n) is 2.70. The van der Waals surface area contributed by atoms with Crippen molar-refractivity contribution in [2.75, 3.05) is 0 Å². The highest BCUT2D eigenvalue weighted by molar-refractivity contribution is 5.84. The molecule has 1 amide bonds. The van der Waals surface area contributed by atoms with Gasteiger partial charge in [0, 0.05) is 18.1 Å². The molecule has 1 atom stereocenters. The minimum absolute atomic E-state index is 0.0426. The van der Waals surface area contributed by atoms with Gasteiger partial charge >= 0.3 is 0 Å². The van der Waals surface area contributed by atoms with E-state index in [0.29, 0.717) is 0 Å². The third-order valence-corrected chi connectivity index (χ3v) is 3.87. The van der Waals surface area contributed by atoms with Crippen molar-refractivity contribution in [3.8, 4) is 0 Å². The van der Waals surface area contributed by atoms with Crippen molar-refractivity contribution in [1.29, 1.82) is 0 Å². The summed E-state index contributed by atoms with van der Waals surface area (Å²) in [5.41, 5.74) is 3.40. The number of carbonyl (C=O) groups excluding carboxylic acids is 1. The van der Waals surface area contributed by atoms with Crippen molar-refractivity contribution in [2.45, 2.75) is 39.7 Å². The number of amides is 1. The fourth-order valence-corrected chi connectivity index (χ4v) is 2.70. The van der Waals surface area contributed by atoms with E-state index in [1.807, 2.05) is 27.0 Å². The van der Waals surface area contributed by atoms with Gasteiger partial charge in [-0.2, -0.15) is 5.10 Å². The second-order valence-corrected chi connectivity index (χ2v) is 6.51. The lowest BCUT2D eigenvalue weighted by atomic mass is 9.93. The van der Waals surface area contributed by atoms with Crippen molar-refractivity contribution in [1.82, 2.24) is 5.01 Å². The van der Waals surface area contributed by atoms with Crippen LogP contribution in [-0.2, 0) is 11.2 Å². The molecule has 0 aromatic heterocycles. The molecule has 0 radical (unpaired) electrons. The Kier molecular flexibility index (Phi) is 3.00. The molecular formula is C17H20N2O. The number of rotatable bonds is 1. The molecule has 3 nitrogen and oxygen atoms in total. The summed E-state index contributed by atoms with van der Waals surface area (Å²) in [6, 6.07) is 6.54. The molecule has 0 bridgehead atoms. The molecule has 0 saturated heterocycles. The summed E-state index contributed by atoms with van der Waals surface area (Å²) in [7, 11) is 0. The van der Waals surface area contributed by atoms with Crippen LogP contribution >= 0.6 is 0 Å². The normalized spacial score (nSPS) is 20.6. The Morgan fingerprint density at radius 3 is 2.90 bits per heavy atom. The molecule has 0 saturated carbocycles. The number of benzene rings is 1. The number of allylic oxidation sites excluding steroid dienone is 1. The van der Waals surface area contributed by atoms with E-state index >= 15 is 0 Å². The molecular weight excluding hydrogens is 248 g/mol. The highest BCUT2D eigenvalue weighted by atomic mass is 16.2. The third kappa shape index (κ3) is 2.17. The highest BCUT2D eigenvalue weighted by Crippen LogP contribution is 2.34. The zero-order valence-electron chi connectivity index (χ0n) is 12.3. The number of hydrogen-bond donors (Lipinski definition) is 0. The van der Waals surface area contributed by atoms with Crippen LogP contribution < -0.4 is 0 Å². The summed E-state index contributed by atoms with van der Waals surface area (Å²) < 4.78 is 0. The van der Waals surface area contributed by atoms with Gasteiger partial charge in [-0.3, -0.25) is 4.79 Å². The van der Waals surface area contributed by atoms with Gasteiger partial charge in [-0.1, -0.05) is 45.1 Å². The van der Waals surface area contributed by atoms with Gasteiger partial charge in [-0.05, 0) is 29.2 Å². The van der Waals surface area contributed by atoms with Crippen molar-refractivity contribution >= 4 is 18.2 Å². The molecule has 0 spiro atoms. The average molecular weight is 268 g/mol. The topological polar surface area (TPSA) is 32.7 Å². The van der Waals surface area contributed by atoms with Crippen LogP contribution in [0, 0.1) is 5.41 Å². The molecule has 2 aliphatic rings. The molecule has 0 fully saturated rings. The second-order valence-electron chi connectivity index (χ2n) is 6.51. The van der Waals surface area contributed by atoms with Gasteiger partial charge in [0.1, 0.15) is 0 Å². The maximum absolute atomic E-state index is 12.5. The first-order chi connectivity index (χ1) is 9.47. The quantitative estimate of drug-likeness (QED) is 0.766. The predicted molar refractivity (Wildman–Crippen MR) is 81.3 cm³/mol. The van der Waals surface area contributed by atoms with Gasteiger partial charge in [-0.15, -0.1) is 0 Å². The molecule has 20 heavy (non-hydrogen) atoms. The van der Waals surface area contributed by atoms with Crippen molar-refractivity contribution < 1.29 is 4.79 Å². The van der Waals surface area contributed by atoms with Crippen LogP contribution in [-0.4, -0.2) is 17.1 Å². The van der Waals surface area contributed by atoms with Gasteiger partial charge in [0.2, 0.25) is 5.91 Å². The molecule has 1 heterocycles. The summed E-state index contributed by atoms with van der Waals surface area (Å²) in [6.07, 6.45) is 7.99. The van der Waals surface area contributed by atoms with E-state index in [-0.39, 0.29) is 11.9 Å². The van der Waals surface area contributed by atoms with Crippen LogP contribution in [0.4, 0.5) is 0 Å². The maximum atomic E-state index is 12.5. The van der Waals surface area contributed by atoms with Crippen molar-refractivity contribution in [3.05, 3.63) is 41.0 Å². The van der Waals surface area contributed by atoms with E-state index in [9.17, 15) is 4.79 Å². The first-order valence-electron chi connectivity index (χ1n) is 7.12. The molecule has 1 aliphatic carbocycles. The Balaban J connectivity index is 1.90. The third-order valence-electron chi connectivity index (χ3n) is 3.87. The number of fused-ring (bicyclic) bond motifs is 1. The van der Waals surface area contributed by atoms with E-state index in [4.69, 9.17) is 0 Å². The van der Waals surface area contributed by atoms with Crippen LogP contribution in [0.3, 0.4) is 0 Å². The van der Waals surface area contributed by atoms with Gasteiger partial charge in [0.25, 0.3) is 0 Å². The Hall–Kier alpha value is -1.90. The van der Waals surface area contributed by atoms with E-state index in [1.165, 1.54) is 16.7 Å². The predicted octanol–water partition coefficient (Wildman–Crippen LogP) is 3.56. The monoisotopic (exact) mass is 268 g/mol. The van der Waals surface area contributed by atoms with Crippen LogP contribution in [0.1, 0.15) is 49.9 Å². The van der Waals surface area contributed by atoms with Crippen molar-refractivity contribution in [3.63, 3.8) is 0 Å². The first kappa shape index (κ1) is 13.1. The Morgan fingerprint density at radius 2 is 2.15 bits per heavy atom. The van der Waals surface area contributed by atoms with Crippen molar-refractivity contribution in [2.24, 2.45) is 10.5 Å².